The van der Waals surface area contributed by atoms with Gasteiger partial charge in [0.2, 0.25) is 0 Å². The van der Waals surface area contributed by atoms with Gasteiger partial charge < -0.3 is 10.1 Å². The fourth-order valence-corrected chi connectivity index (χ4v) is 3.58. The molecule has 1 heterocycles. The van der Waals surface area contributed by atoms with Crippen LogP contribution in [0.3, 0.4) is 0 Å². The highest BCUT2D eigenvalue weighted by molar-refractivity contribution is 6.17. The Morgan fingerprint density at radius 1 is 1.28 bits per heavy atom. The van der Waals surface area contributed by atoms with Gasteiger partial charge in [-0.1, -0.05) is 19.3 Å². The van der Waals surface area contributed by atoms with Gasteiger partial charge in [-0.25, -0.2) is 0 Å². The van der Waals surface area contributed by atoms with E-state index < -0.39 is 0 Å². The third kappa shape index (κ3) is 4.11. The normalized spacial score (nSPS) is 28.7. The highest BCUT2D eigenvalue weighted by Gasteiger charge is 2.40. The monoisotopic (exact) mass is 273 g/mol. The molecular weight excluding hydrogens is 246 g/mol. The third-order valence-electron chi connectivity index (χ3n) is 4.57. The van der Waals surface area contributed by atoms with Crippen molar-refractivity contribution >= 4 is 11.6 Å². The third-order valence-corrected chi connectivity index (χ3v) is 4.84. The fourth-order valence-electron chi connectivity index (χ4n) is 3.42. The molecule has 18 heavy (non-hydrogen) atoms. The fraction of sp³-hybridized carbons (Fsp3) is 1.00. The number of alkyl halides is 1. The van der Waals surface area contributed by atoms with Crippen molar-refractivity contribution < 1.29 is 4.74 Å². The predicted molar refractivity (Wildman–Crippen MR) is 77.3 cm³/mol. The maximum atomic E-state index is 6.36. The van der Waals surface area contributed by atoms with E-state index in [9.17, 15) is 0 Å². The second-order valence-corrected chi connectivity index (χ2v) is 6.54. The number of hydrogen-bond donors (Lipinski definition) is 1. The van der Waals surface area contributed by atoms with E-state index in [1.807, 2.05) is 0 Å². The lowest BCUT2D eigenvalue weighted by Crippen LogP contribution is -2.37. The highest BCUT2D eigenvalue weighted by atomic mass is 35.5. The summed E-state index contributed by atoms with van der Waals surface area (Å²) in [4.78, 5) is 0. The van der Waals surface area contributed by atoms with E-state index >= 15 is 0 Å². The first-order valence-corrected chi connectivity index (χ1v) is 8.25. The van der Waals surface area contributed by atoms with Gasteiger partial charge in [0.25, 0.3) is 0 Å². The van der Waals surface area contributed by atoms with Crippen LogP contribution in [-0.4, -0.2) is 30.2 Å². The van der Waals surface area contributed by atoms with Gasteiger partial charge in [0, 0.05) is 18.5 Å². The number of hydrogen-bond acceptors (Lipinski definition) is 2. The van der Waals surface area contributed by atoms with Crippen LogP contribution in [0.5, 0.6) is 0 Å². The average molecular weight is 274 g/mol. The van der Waals surface area contributed by atoms with Gasteiger partial charge >= 0.3 is 0 Å². The molecule has 2 rings (SSSR count). The van der Waals surface area contributed by atoms with Gasteiger partial charge in [-0.15, -0.1) is 11.6 Å². The lowest BCUT2D eigenvalue weighted by molar-refractivity contribution is -0.0628. The van der Waals surface area contributed by atoms with E-state index in [1.165, 1.54) is 51.4 Å². The average Bonchev–Trinajstić information content (AvgIpc) is 2.78. The molecule has 2 aliphatic rings. The minimum Gasteiger partial charge on any atom is -0.370 e. The molecule has 3 heteroatoms. The molecule has 1 spiro atoms. The Kier molecular flexibility index (Phi) is 5.78. The van der Waals surface area contributed by atoms with Gasteiger partial charge in [0.1, 0.15) is 0 Å². The summed E-state index contributed by atoms with van der Waals surface area (Å²) in [5, 5.41) is 3.60. The Balaban J connectivity index is 1.66. The summed E-state index contributed by atoms with van der Waals surface area (Å²) >= 11 is 5.72. The SMILES string of the molecule is CC(CCCCl)NCC1CCC2(CCCCC2)O1. The first-order valence-electron chi connectivity index (χ1n) is 7.71. The van der Waals surface area contributed by atoms with Crippen LogP contribution in [0, 0.1) is 0 Å². The second-order valence-electron chi connectivity index (χ2n) is 6.16. The molecule has 1 N–H and O–H groups in total. The van der Waals surface area contributed by atoms with Gasteiger partial charge in [0.05, 0.1) is 11.7 Å². The molecule has 0 aromatic rings. The van der Waals surface area contributed by atoms with E-state index in [-0.39, 0.29) is 5.60 Å². The molecule has 0 aromatic carbocycles. The van der Waals surface area contributed by atoms with Crippen LogP contribution in [0.1, 0.15) is 64.7 Å². The van der Waals surface area contributed by atoms with E-state index in [4.69, 9.17) is 16.3 Å². The molecule has 1 aliphatic carbocycles. The van der Waals surface area contributed by atoms with Crippen molar-refractivity contribution in [1.82, 2.24) is 5.32 Å². The van der Waals surface area contributed by atoms with Crippen LogP contribution < -0.4 is 5.32 Å². The van der Waals surface area contributed by atoms with Crippen molar-refractivity contribution in [3.63, 3.8) is 0 Å². The summed E-state index contributed by atoms with van der Waals surface area (Å²) < 4.78 is 6.36. The summed E-state index contributed by atoms with van der Waals surface area (Å²) in [5.74, 6) is 0.773. The number of nitrogens with one attached hydrogen (secondary N) is 1. The topological polar surface area (TPSA) is 21.3 Å². The number of ether oxygens (including phenoxy) is 1. The molecule has 2 nitrogen and oxygen atoms in total. The molecule has 1 aliphatic heterocycles. The zero-order valence-corrected chi connectivity index (χ0v) is 12.5. The minimum absolute atomic E-state index is 0.268. The lowest BCUT2D eigenvalue weighted by atomic mass is 9.83. The van der Waals surface area contributed by atoms with Crippen molar-refractivity contribution in [2.75, 3.05) is 12.4 Å². The first-order chi connectivity index (χ1) is 8.74. The molecule has 0 radical (unpaired) electrons. The van der Waals surface area contributed by atoms with E-state index in [2.05, 4.69) is 12.2 Å². The van der Waals surface area contributed by atoms with Crippen molar-refractivity contribution in [3.05, 3.63) is 0 Å². The summed E-state index contributed by atoms with van der Waals surface area (Å²) in [6.07, 6.45) is 12.0. The molecule has 0 aromatic heterocycles. The summed E-state index contributed by atoms with van der Waals surface area (Å²) in [5.41, 5.74) is 0.268. The Morgan fingerprint density at radius 2 is 2.06 bits per heavy atom. The van der Waals surface area contributed by atoms with Gasteiger partial charge in [-0.2, -0.15) is 0 Å². The molecule has 106 valence electrons. The van der Waals surface area contributed by atoms with Crippen molar-refractivity contribution in [2.24, 2.45) is 0 Å². The molecule has 2 unspecified atom stereocenters. The zero-order valence-electron chi connectivity index (χ0n) is 11.7. The molecule has 0 bridgehead atoms. The summed E-state index contributed by atoms with van der Waals surface area (Å²) in [6.45, 7) is 3.27. The molecule has 1 saturated carbocycles. The van der Waals surface area contributed by atoms with Crippen LogP contribution in [0.2, 0.25) is 0 Å². The van der Waals surface area contributed by atoms with Crippen LogP contribution in [-0.2, 0) is 4.74 Å². The largest absolute Gasteiger partial charge is 0.370 e. The molecular formula is C15H28ClNO. The zero-order chi connectivity index (χ0) is 12.8. The van der Waals surface area contributed by atoms with Crippen LogP contribution in [0.15, 0.2) is 0 Å². The van der Waals surface area contributed by atoms with Gasteiger partial charge in [-0.05, 0) is 45.4 Å². The Hall–Kier alpha value is 0.210. The van der Waals surface area contributed by atoms with Gasteiger partial charge in [0.15, 0.2) is 0 Å². The van der Waals surface area contributed by atoms with Crippen LogP contribution in [0.25, 0.3) is 0 Å². The molecule has 2 fully saturated rings. The summed E-state index contributed by atoms with van der Waals surface area (Å²) in [7, 11) is 0. The maximum absolute atomic E-state index is 6.36. The lowest BCUT2D eigenvalue weighted by Gasteiger charge is -2.33. The summed E-state index contributed by atoms with van der Waals surface area (Å²) in [6, 6.07) is 0.565. The number of rotatable bonds is 6. The van der Waals surface area contributed by atoms with Crippen LogP contribution in [0.4, 0.5) is 0 Å². The first kappa shape index (κ1) is 14.6. The quantitative estimate of drug-likeness (QED) is 0.742. The maximum Gasteiger partial charge on any atom is 0.0708 e. The van der Waals surface area contributed by atoms with Crippen molar-refractivity contribution in [1.29, 1.82) is 0 Å². The smallest absolute Gasteiger partial charge is 0.0708 e. The molecule has 2 atom stereocenters. The highest BCUT2D eigenvalue weighted by Crippen LogP contribution is 2.41. The number of halogens is 1. The van der Waals surface area contributed by atoms with Crippen molar-refractivity contribution in [3.8, 4) is 0 Å². The van der Waals surface area contributed by atoms with Crippen molar-refractivity contribution in [2.45, 2.75) is 82.5 Å². The van der Waals surface area contributed by atoms with E-state index in [0.29, 0.717) is 12.1 Å². The van der Waals surface area contributed by atoms with E-state index in [0.717, 1.165) is 18.8 Å². The molecule has 1 saturated heterocycles. The Morgan fingerprint density at radius 3 is 2.78 bits per heavy atom. The standard InChI is InChI=1S/C15H28ClNO/c1-13(6-5-11-16)17-12-14-7-10-15(18-14)8-3-2-4-9-15/h13-14,17H,2-12H2,1H3. The predicted octanol–water partition coefficient (Wildman–Crippen LogP) is 3.87. The minimum atomic E-state index is 0.268. The van der Waals surface area contributed by atoms with Crippen LogP contribution >= 0.6 is 11.6 Å². The Bertz CT molecular complexity index is 241. The van der Waals surface area contributed by atoms with E-state index in [1.54, 1.807) is 0 Å². The Labute approximate surface area is 117 Å². The second kappa shape index (κ2) is 7.12. The molecule has 0 amide bonds. The van der Waals surface area contributed by atoms with Gasteiger partial charge in [-0.3, -0.25) is 0 Å².